The molecule has 0 heterocycles. The second kappa shape index (κ2) is 36.5. The average Bonchev–Trinajstić information content (AvgIpc) is 3.11. The standard InChI is InChI=1S/C44H79NO8/c1-6-8-10-12-14-16-18-20-21-22-23-25-27-29-31-33-35-42(47)53-40(39-52-44(43(48)49)50-37-36-45(3,4)5)38-51-41(46)34-32-30-28-26-24-19-17-15-13-11-9-7-2/h15-18,21-22,40,44H,6-14,19-20,23-39H2,1-5H3/b17-15-,18-16-,22-21-. The molecule has 0 fully saturated rings. The van der Waals surface area contributed by atoms with Gasteiger partial charge >= 0.3 is 11.9 Å². The van der Waals surface area contributed by atoms with Crippen molar-refractivity contribution >= 4 is 17.9 Å². The van der Waals surface area contributed by atoms with E-state index >= 15 is 0 Å². The van der Waals surface area contributed by atoms with E-state index in [2.05, 4.69) is 50.3 Å². The molecule has 0 aliphatic rings. The minimum absolute atomic E-state index is 0.143. The molecule has 0 aliphatic heterocycles. The molecule has 53 heavy (non-hydrogen) atoms. The van der Waals surface area contributed by atoms with Crippen LogP contribution in [-0.4, -0.2) is 82.3 Å². The van der Waals surface area contributed by atoms with E-state index < -0.39 is 24.3 Å². The van der Waals surface area contributed by atoms with Crippen molar-refractivity contribution in [3.63, 3.8) is 0 Å². The number of carbonyl (C=O) groups excluding carboxylic acids is 3. The first kappa shape index (κ1) is 50.5. The van der Waals surface area contributed by atoms with Gasteiger partial charge in [0.2, 0.25) is 0 Å². The van der Waals surface area contributed by atoms with E-state index in [0.717, 1.165) is 77.0 Å². The summed E-state index contributed by atoms with van der Waals surface area (Å²) in [5.41, 5.74) is 0. The third-order valence-corrected chi connectivity index (χ3v) is 8.86. The molecule has 2 unspecified atom stereocenters. The van der Waals surface area contributed by atoms with Crippen molar-refractivity contribution < 1.29 is 42.9 Å². The maximum atomic E-state index is 12.7. The van der Waals surface area contributed by atoms with Crippen LogP contribution in [-0.2, 0) is 33.3 Å². The van der Waals surface area contributed by atoms with Crippen LogP contribution in [0.2, 0.25) is 0 Å². The summed E-state index contributed by atoms with van der Waals surface area (Å²) in [4.78, 5) is 36.8. The minimum atomic E-state index is -1.62. The number of ether oxygens (including phenoxy) is 4. The van der Waals surface area contributed by atoms with Crippen LogP contribution in [0, 0.1) is 0 Å². The normalized spacial score (nSPS) is 13.3. The van der Waals surface area contributed by atoms with E-state index in [0.29, 0.717) is 17.4 Å². The number of allylic oxidation sites excluding steroid dienone is 6. The lowest BCUT2D eigenvalue weighted by molar-refractivity contribution is -0.870. The summed E-state index contributed by atoms with van der Waals surface area (Å²) in [5, 5.41) is 11.7. The molecule has 0 aromatic heterocycles. The lowest BCUT2D eigenvalue weighted by atomic mass is 10.1. The van der Waals surface area contributed by atoms with Crippen molar-refractivity contribution in [2.45, 2.75) is 180 Å². The molecule has 9 heteroatoms. The molecule has 0 bridgehead atoms. The van der Waals surface area contributed by atoms with Gasteiger partial charge in [0.05, 0.1) is 40.3 Å². The second-order valence-corrected chi connectivity index (χ2v) is 15.3. The van der Waals surface area contributed by atoms with Gasteiger partial charge in [-0.2, -0.15) is 0 Å². The largest absolute Gasteiger partial charge is 0.545 e. The SMILES string of the molecule is CCCCC/C=C\CCCCCCCC(=O)OCC(COC(OCC[N+](C)(C)C)C(=O)[O-])OC(=O)CCCCCCC/C=C\C/C=C\CCCCCC. The van der Waals surface area contributed by atoms with Gasteiger partial charge in [-0.25, -0.2) is 0 Å². The van der Waals surface area contributed by atoms with Gasteiger partial charge in [0, 0.05) is 12.8 Å². The molecule has 0 N–H and O–H groups in total. The highest BCUT2D eigenvalue weighted by molar-refractivity contribution is 5.70. The third kappa shape index (κ3) is 37.6. The summed E-state index contributed by atoms with van der Waals surface area (Å²) in [6, 6.07) is 0. The maximum Gasteiger partial charge on any atom is 0.306 e. The van der Waals surface area contributed by atoms with Gasteiger partial charge in [0.25, 0.3) is 0 Å². The predicted molar refractivity (Wildman–Crippen MR) is 214 cm³/mol. The molecule has 0 aliphatic carbocycles. The Balaban J connectivity index is 4.52. The van der Waals surface area contributed by atoms with E-state index in [1.807, 2.05) is 21.1 Å². The number of carboxylic acid groups (broad SMARTS) is 1. The number of carbonyl (C=O) groups is 3. The summed E-state index contributed by atoms with van der Waals surface area (Å²) in [5.74, 6) is -2.32. The number of quaternary nitrogens is 1. The molecular weight excluding hydrogens is 670 g/mol. The first-order chi connectivity index (χ1) is 25.6. The fraction of sp³-hybridized carbons (Fsp3) is 0.795. The molecule has 9 nitrogen and oxygen atoms in total. The van der Waals surface area contributed by atoms with Crippen molar-refractivity contribution in [1.29, 1.82) is 0 Å². The van der Waals surface area contributed by atoms with Crippen LogP contribution in [0.3, 0.4) is 0 Å². The van der Waals surface area contributed by atoms with E-state index in [1.54, 1.807) is 0 Å². The Morgan fingerprint density at radius 3 is 1.55 bits per heavy atom. The van der Waals surface area contributed by atoms with Crippen molar-refractivity contribution in [2.24, 2.45) is 0 Å². The number of aliphatic carboxylic acids is 1. The van der Waals surface area contributed by atoms with Gasteiger partial charge in [-0.3, -0.25) is 9.59 Å². The Morgan fingerprint density at radius 1 is 0.566 bits per heavy atom. The number of likely N-dealkylation sites (N-methyl/N-ethyl adjacent to an activating group) is 1. The molecule has 0 rings (SSSR count). The Hall–Kier alpha value is -2.49. The molecule has 0 saturated heterocycles. The van der Waals surface area contributed by atoms with Crippen LogP contribution >= 0.6 is 0 Å². The van der Waals surface area contributed by atoms with Gasteiger partial charge < -0.3 is 33.3 Å². The number of nitrogens with zero attached hydrogens (tertiary/aromatic N) is 1. The third-order valence-electron chi connectivity index (χ3n) is 8.86. The fourth-order valence-electron chi connectivity index (χ4n) is 5.50. The van der Waals surface area contributed by atoms with E-state index in [4.69, 9.17) is 18.9 Å². The van der Waals surface area contributed by atoms with Gasteiger partial charge in [0.1, 0.15) is 13.2 Å². The van der Waals surface area contributed by atoms with Crippen LogP contribution in [0.15, 0.2) is 36.5 Å². The van der Waals surface area contributed by atoms with Crippen LogP contribution < -0.4 is 5.11 Å². The predicted octanol–water partition coefficient (Wildman–Crippen LogP) is 9.33. The van der Waals surface area contributed by atoms with Crippen LogP contribution in [0.5, 0.6) is 0 Å². The number of unbranched alkanes of at least 4 members (excludes halogenated alkanes) is 17. The highest BCUT2D eigenvalue weighted by Crippen LogP contribution is 2.12. The van der Waals surface area contributed by atoms with Crippen LogP contribution in [0.25, 0.3) is 0 Å². The minimum Gasteiger partial charge on any atom is -0.545 e. The zero-order chi connectivity index (χ0) is 39.3. The maximum absolute atomic E-state index is 12.7. The average molecular weight is 750 g/mol. The number of esters is 2. The van der Waals surface area contributed by atoms with Crippen molar-refractivity contribution in [3.05, 3.63) is 36.5 Å². The Morgan fingerprint density at radius 2 is 1.02 bits per heavy atom. The highest BCUT2D eigenvalue weighted by atomic mass is 16.7. The van der Waals surface area contributed by atoms with E-state index in [9.17, 15) is 19.5 Å². The molecule has 0 radical (unpaired) electrons. The molecule has 0 saturated carbocycles. The van der Waals surface area contributed by atoms with Crippen LogP contribution in [0.1, 0.15) is 168 Å². The summed E-state index contributed by atoms with van der Waals surface area (Å²) in [6.45, 7) is 4.65. The van der Waals surface area contributed by atoms with Gasteiger partial charge in [-0.1, -0.05) is 121 Å². The molecule has 0 aromatic rings. The van der Waals surface area contributed by atoms with Crippen molar-refractivity contribution in [1.82, 2.24) is 0 Å². The number of hydrogen-bond acceptors (Lipinski definition) is 8. The lowest BCUT2D eigenvalue weighted by Gasteiger charge is -2.26. The highest BCUT2D eigenvalue weighted by Gasteiger charge is 2.21. The molecule has 0 amide bonds. The van der Waals surface area contributed by atoms with Crippen molar-refractivity contribution in [2.75, 3.05) is 47.5 Å². The number of rotatable bonds is 38. The van der Waals surface area contributed by atoms with Gasteiger partial charge in [0.15, 0.2) is 12.4 Å². The smallest absolute Gasteiger partial charge is 0.306 e. The summed E-state index contributed by atoms with van der Waals surface area (Å²) in [7, 11) is 5.89. The molecule has 308 valence electrons. The van der Waals surface area contributed by atoms with Gasteiger partial charge in [-0.05, 0) is 70.6 Å². The Kier molecular flexibility index (Phi) is 34.8. The Bertz CT molecular complexity index is 971. The molecular formula is C44H79NO8. The van der Waals surface area contributed by atoms with Gasteiger partial charge in [-0.15, -0.1) is 0 Å². The number of hydrogen-bond donors (Lipinski definition) is 0. The first-order valence-electron chi connectivity index (χ1n) is 21.1. The monoisotopic (exact) mass is 750 g/mol. The van der Waals surface area contributed by atoms with Crippen LogP contribution in [0.4, 0.5) is 0 Å². The topological polar surface area (TPSA) is 111 Å². The lowest BCUT2D eigenvalue weighted by Crippen LogP contribution is -2.44. The quantitative estimate of drug-likeness (QED) is 0.0202. The van der Waals surface area contributed by atoms with E-state index in [1.165, 1.54) is 57.8 Å². The first-order valence-corrected chi connectivity index (χ1v) is 21.1. The summed E-state index contributed by atoms with van der Waals surface area (Å²) in [6.07, 6.45) is 36.0. The van der Waals surface area contributed by atoms with E-state index in [-0.39, 0.29) is 38.6 Å². The summed E-state index contributed by atoms with van der Waals surface area (Å²) >= 11 is 0. The molecule has 0 spiro atoms. The zero-order valence-electron chi connectivity index (χ0n) is 34.6. The van der Waals surface area contributed by atoms with Crippen molar-refractivity contribution in [3.8, 4) is 0 Å². The fourth-order valence-corrected chi connectivity index (χ4v) is 5.50. The summed E-state index contributed by atoms with van der Waals surface area (Å²) < 4.78 is 22.5. The zero-order valence-corrected chi connectivity index (χ0v) is 34.6. The molecule has 0 aromatic carbocycles. The Labute approximate surface area is 324 Å². The molecule has 2 atom stereocenters. The second-order valence-electron chi connectivity index (χ2n) is 15.3. The number of carboxylic acids is 1.